The first-order chi connectivity index (χ1) is 6.00. The second-order valence-corrected chi connectivity index (χ2v) is 4.02. The Labute approximate surface area is 321 Å². The number of hydrogen-bond acceptors (Lipinski definition) is 12. The van der Waals surface area contributed by atoms with Crippen molar-refractivity contribution in [3.63, 3.8) is 0 Å². The van der Waals surface area contributed by atoms with E-state index in [-0.39, 0.29) is 250 Å². The van der Waals surface area contributed by atoms with Gasteiger partial charge in [0, 0.05) is 0 Å². The van der Waals surface area contributed by atoms with Gasteiger partial charge in [0.15, 0.2) is 0 Å². The normalized spacial score (nSPS) is 8.43. The van der Waals surface area contributed by atoms with Crippen molar-refractivity contribution in [3.05, 3.63) is 0 Å². The summed E-state index contributed by atoms with van der Waals surface area (Å²) in [6.45, 7) is 0. The third-order valence-corrected chi connectivity index (χ3v) is 0. The Hall–Kier alpha value is 8.15. The zero-order valence-electron chi connectivity index (χ0n) is 10.2. The summed E-state index contributed by atoms with van der Waals surface area (Å²) in [6.07, 6.45) is 0. The van der Waals surface area contributed by atoms with Crippen LogP contribution in [0.4, 0.5) is 0 Å². The van der Waals surface area contributed by atoms with E-state index in [1.807, 2.05) is 0 Å². The molecule has 0 rings (SSSR count). The second-order valence-electron chi connectivity index (χ2n) is 1.34. The van der Waals surface area contributed by atoms with Crippen LogP contribution < -0.4 is 44.0 Å². The molecule has 0 bridgehead atoms. The molecule has 21 heavy (non-hydrogen) atoms. The van der Waals surface area contributed by atoms with E-state index in [1.165, 1.54) is 0 Å². The van der Waals surface area contributed by atoms with Crippen LogP contribution in [0.25, 0.3) is 0 Å². The van der Waals surface area contributed by atoms with Crippen molar-refractivity contribution in [2.45, 2.75) is 0 Å². The molecule has 21 heteroatoms. The van der Waals surface area contributed by atoms with Gasteiger partial charge in [0.05, 0.1) is 0 Å². The van der Waals surface area contributed by atoms with Gasteiger partial charge in [0.2, 0.25) is 0 Å². The van der Waals surface area contributed by atoms with Gasteiger partial charge in [0.1, 0.15) is 0 Å². The zero-order valence-corrected chi connectivity index (χ0v) is 35.1. The maximum Gasteiger partial charge on any atom is 2.00 e. The average molecular weight is 988 g/mol. The summed E-state index contributed by atoms with van der Waals surface area (Å²) in [5.41, 5.74) is 0. The van der Waals surface area contributed by atoms with Crippen LogP contribution in [0.15, 0.2) is 0 Å². The first kappa shape index (κ1) is 56.9. The molecular formula is Ba5O13P3-. The number of rotatable bonds is 0. The molecule has 0 aromatic rings. The van der Waals surface area contributed by atoms with Crippen LogP contribution in [-0.4, -0.2) is 244 Å². The molecule has 0 N–H and O–H groups in total. The molecule has 0 amide bonds. The fraction of sp³-hybridized carbons (Fsp3) is 0. The van der Waals surface area contributed by atoms with E-state index in [4.69, 9.17) is 57.7 Å². The number of phosphoric acid groups is 3. The van der Waals surface area contributed by atoms with Gasteiger partial charge < -0.3 is 63.2 Å². The van der Waals surface area contributed by atoms with Gasteiger partial charge in [-0.3, -0.25) is 0 Å². The fourth-order valence-electron chi connectivity index (χ4n) is 0. The Morgan fingerprint density at radius 2 is 0.381 bits per heavy atom. The quantitative estimate of drug-likeness (QED) is 0.162. The Bertz CT molecular complexity index is 214. The molecule has 13 nitrogen and oxygen atoms in total. The first-order valence-corrected chi connectivity index (χ1v) is 6.57. The average Bonchev–Trinajstić information content (AvgIpc) is 1.41. The molecule has 104 valence electrons. The molecule has 0 atom stereocenters. The van der Waals surface area contributed by atoms with Gasteiger partial charge >= 0.3 is 244 Å². The van der Waals surface area contributed by atoms with E-state index in [0.717, 1.165) is 0 Å². The first-order valence-electron chi connectivity index (χ1n) is 2.19. The standard InChI is InChI=1S/5Ba.3H3O4P.O/c;;;;;3*1-5(2,3)4;/h;;;;;3*(H3,1,2,3,4);/q5*+2;;;;-2/p-9. The zero-order chi connectivity index (χ0) is 13.5. The van der Waals surface area contributed by atoms with Crippen molar-refractivity contribution in [2.24, 2.45) is 0 Å². The minimum atomic E-state index is -5.39. The minimum Gasteiger partial charge on any atom is -2.00 e. The van der Waals surface area contributed by atoms with E-state index in [1.54, 1.807) is 0 Å². The molecule has 0 saturated heterocycles. The van der Waals surface area contributed by atoms with Gasteiger partial charge in [-0.15, -0.1) is 0 Å². The molecule has 0 aliphatic carbocycles. The van der Waals surface area contributed by atoms with E-state index >= 15 is 0 Å². The van der Waals surface area contributed by atoms with Crippen LogP contribution in [0.1, 0.15) is 0 Å². The van der Waals surface area contributed by atoms with E-state index in [0.29, 0.717) is 0 Å². The van der Waals surface area contributed by atoms with E-state index in [9.17, 15) is 0 Å². The number of hydrogen-bond donors (Lipinski definition) is 0. The maximum atomic E-state index is 8.55. The van der Waals surface area contributed by atoms with Crippen molar-refractivity contribution in [3.8, 4) is 0 Å². The molecule has 0 radical (unpaired) electrons. The van der Waals surface area contributed by atoms with Gasteiger partial charge in [0.25, 0.3) is 0 Å². The molecule has 0 fully saturated rings. The maximum absolute atomic E-state index is 8.55. The Kier molecular flexibility index (Phi) is 82.2. The summed E-state index contributed by atoms with van der Waals surface area (Å²) in [5, 5.41) is 0. The summed E-state index contributed by atoms with van der Waals surface area (Å²) < 4.78 is 25.6. The van der Waals surface area contributed by atoms with Crippen LogP contribution in [0.5, 0.6) is 0 Å². The van der Waals surface area contributed by atoms with E-state index in [2.05, 4.69) is 0 Å². The second kappa shape index (κ2) is 30.3. The molecular weight excluding hydrogens is 988 g/mol. The van der Waals surface area contributed by atoms with Crippen LogP contribution >= 0.6 is 23.5 Å². The monoisotopic (exact) mass is 990 g/mol. The predicted molar refractivity (Wildman–Crippen MR) is 52.3 cm³/mol. The van der Waals surface area contributed by atoms with Crippen LogP contribution in [-0.2, 0) is 19.2 Å². The van der Waals surface area contributed by atoms with Crippen LogP contribution in [0, 0.1) is 0 Å². The molecule has 0 saturated carbocycles. The smallest absolute Gasteiger partial charge is 2.00 e. The Morgan fingerprint density at radius 3 is 0.381 bits per heavy atom. The predicted octanol–water partition coefficient (Wildman–Crippen LogP) is -10.5. The van der Waals surface area contributed by atoms with Gasteiger partial charge in [-0.2, -0.15) is 23.5 Å². The van der Waals surface area contributed by atoms with Crippen molar-refractivity contribution >= 4 is 268 Å². The fourth-order valence-corrected chi connectivity index (χ4v) is 0. The molecule has 0 unspecified atom stereocenters. The van der Waals surface area contributed by atoms with Crippen LogP contribution in [0.2, 0.25) is 0 Å². The topological polar surface area (TPSA) is 287 Å². The molecule has 0 aromatic heterocycles. The largest absolute Gasteiger partial charge is 2.00 e. The van der Waals surface area contributed by atoms with E-state index < -0.39 is 23.5 Å². The Morgan fingerprint density at radius 1 is 0.381 bits per heavy atom. The van der Waals surface area contributed by atoms with Crippen molar-refractivity contribution in [1.82, 2.24) is 0 Å². The van der Waals surface area contributed by atoms with Crippen molar-refractivity contribution in [1.29, 1.82) is 0 Å². The van der Waals surface area contributed by atoms with Gasteiger partial charge in [-0.1, -0.05) is 0 Å². The van der Waals surface area contributed by atoms with Gasteiger partial charge in [-0.05, 0) is 0 Å². The summed E-state index contributed by atoms with van der Waals surface area (Å²) in [6, 6.07) is 0. The van der Waals surface area contributed by atoms with Crippen molar-refractivity contribution in [2.75, 3.05) is 0 Å². The summed E-state index contributed by atoms with van der Waals surface area (Å²) >= 11 is 0. The van der Waals surface area contributed by atoms with Crippen LogP contribution in [0.3, 0.4) is 0 Å². The molecule has 0 aromatic carbocycles. The summed E-state index contributed by atoms with van der Waals surface area (Å²) in [4.78, 5) is 76.9. The van der Waals surface area contributed by atoms with Gasteiger partial charge in [-0.25, -0.2) is 0 Å². The summed E-state index contributed by atoms with van der Waals surface area (Å²) in [7, 11) is -16.2. The molecule has 0 heterocycles. The third-order valence-electron chi connectivity index (χ3n) is 0. The summed E-state index contributed by atoms with van der Waals surface area (Å²) in [5.74, 6) is 0. The molecule has 0 spiro atoms. The Balaban J connectivity index is -0.0000000129. The third kappa shape index (κ3) is 290. The SMILES string of the molecule is O=P([O-])([O-])[O-].O=P([O-])([O-])[O-].O=P([O-])([O-])[O-].[Ba+2].[Ba+2].[Ba+2].[Ba+2].[Ba+2].[O-2]. The van der Waals surface area contributed by atoms with Crippen molar-refractivity contribution < 1.29 is 63.2 Å². The molecule has 0 aliphatic rings. The minimum absolute atomic E-state index is 0. The molecule has 0 aliphatic heterocycles.